The molecule has 1 saturated heterocycles. The van der Waals surface area contributed by atoms with E-state index >= 15 is 0 Å². The molecule has 0 saturated carbocycles. The average Bonchev–Trinajstić information content (AvgIpc) is 2.85. The van der Waals surface area contributed by atoms with Gasteiger partial charge in [0.1, 0.15) is 0 Å². The lowest BCUT2D eigenvalue weighted by Gasteiger charge is -2.23. The van der Waals surface area contributed by atoms with Crippen molar-refractivity contribution in [2.45, 2.75) is 12.3 Å². The fourth-order valence-corrected chi connectivity index (χ4v) is 2.96. The second kappa shape index (κ2) is 6.98. The van der Waals surface area contributed by atoms with Gasteiger partial charge in [-0.3, -0.25) is 0 Å². The van der Waals surface area contributed by atoms with Crippen molar-refractivity contribution in [2.24, 2.45) is 11.7 Å². The number of methoxy groups -OCH3 is 1. The number of nitrogens with two attached hydrogens (primary N) is 1. The van der Waals surface area contributed by atoms with Crippen molar-refractivity contribution in [3.05, 3.63) is 35.9 Å². The summed E-state index contributed by atoms with van der Waals surface area (Å²) >= 11 is 5.24. The summed E-state index contributed by atoms with van der Waals surface area (Å²) in [5.74, 6) is 0.797. The third kappa shape index (κ3) is 4.00. The Morgan fingerprint density at radius 2 is 2.21 bits per heavy atom. The molecular weight excluding hydrogens is 256 g/mol. The SMILES string of the molecule is COCC1CCN(CC(C(N)=S)c2ccccc2)C1. The molecule has 0 radical (unpaired) electrons. The Hall–Kier alpha value is -0.970. The smallest absolute Gasteiger partial charge is 0.0816 e. The van der Waals surface area contributed by atoms with Crippen LogP contribution in [0.2, 0.25) is 0 Å². The monoisotopic (exact) mass is 278 g/mol. The van der Waals surface area contributed by atoms with Crippen LogP contribution >= 0.6 is 12.2 Å². The van der Waals surface area contributed by atoms with E-state index in [0.29, 0.717) is 10.9 Å². The predicted molar refractivity (Wildman–Crippen MR) is 82.4 cm³/mol. The van der Waals surface area contributed by atoms with Crippen LogP contribution in [-0.4, -0.2) is 43.2 Å². The number of hydrogen-bond acceptors (Lipinski definition) is 3. The van der Waals surface area contributed by atoms with E-state index in [2.05, 4.69) is 17.0 Å². The summed E-state index contributed by atoms with van der Waals surface area (Å²) in [6.07, 6.45) is 1.20. The zero-order valence-corrected chi connectivity index (χ0v) is 12.2. The number of rotatable bonds is 6. The van der Waals surface area contributed by atoms with Gasteiger partial charge in [-0.05, 0) is 24.4 Å². The Morgan fingerprint density at radius 1 is 1.47 bits per heavy atom. The van der Waals surface area contributed by atoms with E-state index < -0.39 is 0 Å². The maximum atomic E-state index is 5.92. The first-order chi connectivity index (χ1) is 9.20. The molecule has 1 heterocycles. The molecular formula is C15H22N2OS. The molecule has 1 aliphatic rings. The average molecular weight is 278 g/mol. The van der Waals surface area contributed by atoms with Crippen LogP contribution in [0.15, 0.2) is 30.3 Å². The Labute approximate surface area is 120 Å². The Bertz CT molecular complexity index is 410. The van der Waals surface area contributed by atoms with Crippen LogP contribution in [0.1, 0.15) is 17.9 Å². The van der Waals surface area contributed by atoms with Gasteiger partial charge in [-0.25, -0.2) is 0 Å². The highest BCUT2D eigenvalue weighted by atomic mass is 32.1. The highest BCUT2D eigenvalue weighted by molar-refractivity contribution is 7.80. The van der Waals surface area contributed by atoms with Crippen molar-refractivity contribution in [1.29, 1.82) is 0 Å². The summed E-state index contributed by atoms with van der Waals surface area (Å²) in [6.45, 7) is 3.96. The number of ether oxygens (including phenoxy) is 1. The lowest BCUT2D eigenvalue weighted by atomic mass is 9.98. The summed E-state index contributed by atoms with van der Waals surface area (Å²) < 4.78 is 5.23. The van der Waals surface area contributed by atoms with E-state index in [9.17, 15) is 0 Å². The molecule has 2 unspecified atom stereocenters. The molecule has 0 amide bonds. The molecule has 0 bridgehead atoms. The number of nitrogens with zero attached hydrogens (tertiary/aromatic N) is 1. The number of hydrogen-bond donors (Lipinski definition) is 1. The maximum Gasteiger partial charge on any atom is 0.0816 e. The van der Waals surface area contributed by atoms with Crippen molar-refractivity contribution >= 4 is 17.2 Å². The first kappa shape index (κ1) is 14.4. The molecule has 1 fully saturated rings. The Balaban J connectivity index is 1.97. The van der Waals surface area contributed by atoms with Crippen molar-refractivity contribution in [3.63, 3.8) is 0 Å². The minimum Gasteiger partial charge on any atom is -0.393 e. The molecule has 4 heteroatoms. The Kier molecular flexibility index (Phi) is 5.31. The van der Waals surface area contributed by atoms with Crippen LogP contribution in [-0.2, 0) is 4.74 Å². The van der Waals surface area contributed by atoms with Gasteiger partial charge in [0.2, 0.25) is 0 Å². The molecule has 0 aliphatic carbocycles. The van der Waals surface area contributed by atoms with Gasteiger partial charge in [0.25, 0.3) is 0 Å². The van der Waals surface area contributed by atoms with E-state index in [0.717, 1.165) is 26.2 Å². The van der Waals surface area contributed by atoms with Gasteiger partial charge in [-0.1, -0.05) is 42.5 Å². The first-order valence-electron chi connectivity index (χ1n) is 6.76. The van der Waals surface area contributed by atoms with Crippen LogP contribution in [0.4, 0.5) is 0 Å². The lowest BCUT2D eigenvalue weighted by molar-refractivity contribution is 0.153. The number of likely N-dealkylation sites (tertiary alicyclic amines) is 1. The number of benzene rings is 1. The second-order valence-corrected chi connectivity index (χ2v) is 5.71. The fraction of sp³-hybridized carbons (Fsp3) is 0.533. The summed E-state index contributed by atoms with van der Waals surface area (Å²) in [5, 5.41) is 0. The fourth-order valence-electron chi connectivity index (χ4n) is 2.75. The summed E-state index contributed by atoms with van der Waals surface area (Å²) in [6, 6.07) is 10.3. The van der Waals surface area contributed by atoms with Gasteiger partial charge in [0, 0.05) is 26.1 Å². The topological polar surface area (TPSA) is 38.5 Å². The lowest BCUT2D eigenvalue weighted by Crippen LogP contribution is -2.33. The maximum absolute atomic E-state index is 5.92. The van der Waals surface area contributed by atoms with E-state index in [1.165, 1.54) is 12.0 Å². The molecule has 19 heavy (non-hydrogen) atoms. The molecule has 0 aromatic heterocycles. The summed E-state index contributed by atoms with van der Waals surface area (Å²) in [4.78, 5) is 3.03. The predicted octanol–water partition coefficient (Wildman–Crippen LogP) is 2.02. The van der Waals surface area contributed by atoms with Gasteiger partial charge in [0.05, 0.1) is 11.6 Å². The molecule has 1 aliphatic heterocycles. The van der Waals surface area contributed by atoms with E-state index in [1.54, 1.807) is 7.11 Å². The van der Waals surface area contributed by atoms with Gasteiger partial charge >= 0.3 is 0 Å². The number of thiocarbonyl (C=S) groups is 1. The standard InChI is InChI=1S/C15H22N2OS/c1-18-11-12-7-8-17(9-12)10-14(15(16)19)13-5-3-2-4-6-13/h2-6,12,14H,7-11H2,1H3,(H2,16,19). The summed E-state index contributed by atoms with van der Waals surface area (Å²) in [7, 11) is 1.77. The van der Waals surface area contributed by atoms with E-state index in [4.69, 9.17) is 22.7 Å². The van der Waals surface area contributed by atoms with Gasteiger partial charge in [0.15, 0.2) is 0 Å². The molecule has 2 rings (SSSR count). The first-order valence-corrected chi connectivity index (χ1v) is 7.17. The van der Waals surface area contributed by atoms with E-state index in [-0.39, 0.29) is 5.92 Å². The quantitative estimate of drug-likeness (QED) is 0.808. The molecule has 2 N–H and O–H groups in total. The normalized spacial score (nSPS) is 21.4. The van der Waals surface area contributed by atoms with E-state index in [1.807, 2.05) is 18.2 Å². The van der Waals surface area contributed by atoms with Crippen molar-refractivity contribution in [2.75, 3.05) is 33.4 Å². The zero-order valence-electron chi connectivity index (χ0n) is 11.4. The molecule has 1 aromatic rings. The van der Waals surface area contributed by atoms with Crippen molar-refractivity contribution < 1.29 is 4.74 Å². The molecule has 104 valence electrons. The minimum absolute atomic E-state index is 0.150. The van der Waals surface area contributed by atoms with Crippen LogP contribution in [0, 0.1) is 5.92 Å². The molecule has 2 atom stereocenters. The molecule has 1 aromatic carbocycles. The van der Waals surface area contributed by atoms with Crippen LogP contribution in [0.25, 0.3) is 0 Å². The summed E-state index contributed by atoms with van der Waals surface area (Å²) in [5.41, 5.74) is 7.13. The van der Waals surface area contributed by atoms with Gasteiger partial charge in [-0.2, -0.15) is 0 Å². The van der Waals surface area contributed by atoms with Crippen LogP contribution in [0.5, 0.6) is 0 Å². The second-order valence-electron chi connectivity index (χ2n) is 5.24. The van der Waals surface area contributed by atoms with Gasteiger partial charge < -0.3 is 15.4 Å². The van der Waals surface area contributed by atoms with Crippen LogP contribution < -0.4 is 5.73 Å². The Morgan fingerprint density at radius 3 is 2.84 bits per heavy atom. The third-order valence-corrected chi connectivity index (χ3v) is 4.04. The van der Waals surface area contributed by atoms with Gasteiger partial charge in [-0.15, -0.1) is 0 Å². The highest BCUT2D eigenvalue weighted by Gasteiger charge is 2.26. The largest absolute Gasteiger partial charge is 0.393 e. The molecule has 3 nitrogen and oxygen atoms in total. The zero-order chi connectivity index (χ0) is 13.7. The van der Waals surface area contributed by atoms with Crippen molar-refractivity contribution in [3.8, 4) is 0 Å². The molecule has 0 spiro atoms. The highest BCUT2D eigenvalue weighted by Crippen LogP contribution is 2.22. The van der Waals surface area contributed by atoms with Crippen LogP contribution in [0.3, 0.4) is 0 Å². The third-order valence-electron chi connectivity index (χ3n) is 3.76. The minimum atomic E-state index is 0.150. The van der Waals surface area contributed by atoms with Crippen molar-refractivity contribution in [1.82, 2.24) is 4.90 Å².